The summed E-state index contributed by atoms with van der Waals surface area (Å²) in [7, 11) is 1.90. The van der Waals surface area contributed by atoms with Crippen molar-refractivity contribution in [3.05, 3.63) is 36.0 Å². The van der Waals surface area contributed by atoms with E-state index in [9.17, 15) is 4.79 Å². The first-order valence-electron chi connectivity index (χ1n) is 10.5. The number of aromatic nitrogens is 4. The van der Waals surface area contributed by atoms with Gasteiger partial charge in [-0.3, -0.25) is 0 Å². The van der Waals surface area contributed by atoms with Gasteiger partial charge in [0.1, 0.15) is 11.9 Å². The van der Waals surface area contributed by atoms with Crippen molar-refractivity contribution < 1.29 is 13.9 Å². The molecule has 1 aliphatic heterocycles. The van der Waals surface area contributed by atoms with Crippen LogP contribution >= 0.6 is 0 Å². The highest BCUT2D eigenvalue weighted by Gasteiger charge is 2.28. The van der Waals surface area contributed by atoms with E-state index in [2.05, 4.69) is 30.8 Å². The number of hydrogen-bond donors (Lipinski definition) is 3. The van der Waals surface area contributed by atoms with Crippen LogP contribution in [0.1, 0.15) is 18.9 Å². The van der Waals surface area contributed by atoms with Crippen LogP contribution in [0.2, 0.25) is 0 Å². The van der Waals surface area contributed by atoms with E-state index in [-0.39, 0.29) is 17.8 Å². The predicted octanol–water partition coefficient (Wildman–Crippen LogP) is 1.82. The summed E-state index contributed by atoms with van der Waals surface area (Å²) >= 11 is 0. The molecule has 0 spiro atoms. The van der Waals surface area contributed by atoms with E-state index < -0.39 is 6.09 Å². The number of amides is 1. The van der Waals surface area contributed by atoms with Crippen molar-refractivity contribution in [3.8, 4) is 23.0 Å². The Balaban J connectivity index is 1.49. The summed E-state index contributed by atoms with van der Waals surface area (Å²) in [4.78, 5) is 22.5. The maximum atomic E-state index is 11.7. The molecule has 32 heavy (non-hydrogen) atoms. The Kier molecular flexibility index (Phi) is 6.45. The summed E-state index contributed by atoms with van der Waals surface area (Å²) in [5.74, 6) is 1.37. The van der Waals surface area contributed by atoms with Gasteiger partial charge in [-0.05, 0) is 31.7 Å². The van der Waals surface area contributed by atoms with Gasteiger partial charge in [-0.25, -0.2) is 14.8 Å². The molecule has 4 N–H and O–H groups in total. The van der Waals surface area contributed by atoms with Crippen LogP contribution in [-0.2, 0) is 11.3 Å². The zero-order valence-electron chi connectivity index (χ0n) is 18.0. The van der Waals surface area contributed by atoms with E-state index >= 15 is 0 Å². The fraction of sp³-hybridized carbons (Fsp3) is 0.381. The highest BCUT2D eigenvalue weighted by molar-refractivity contribution is 5.68. The second-order valence-corrected chi connectivity index (χ2v) is 7.39. The zero-order valence-corrected chi connectivity index (χ0v) is 18.0. The maximum Gasteiger partial charge on any atom is 0.407 e. The maximum absolute atomic E-state index is 11.7. The number of ether oxygens (including phenoxy) is 1. The number of benzene rings is 1. The Labute approximate surface area is 185 Å². The monoisotopic (exact) mass is 438 g/mol. The molecule has 3 aromatic rings. The lowest BCUT2D eigenvalue weighted by molar-refractivity contribution is 0.108. The van der Waals surface area contributed by atoms with Crippen LogP contribution in [0.3, 0.4) is 0 Å². The lowest BCUT2D eigenvalue weighted by Crippen LogP contribution is -2.31. The van der Waals surface area contributed by atoms with E-state index in [1.165, 1.54) is 0 Å². The minimum Gasteiger partial charge on any atom is -0.444 e. The van der Waals surface area contributed by atoms with Gasteiger partial charge in [0.25, 0.3) is 5.89 Å². The van der Waals surface area contributed by atoms with Crippen molar-refractivity contribution in [1.82, 2.24) is 30.8 Å². The number of carbonyl (C=O) groups is 1. The normalized spacial score (nSPS) is 15.7. The van der Waals surface area contributed by atoms with Gasteiger partial charge in [-0.1, -0.05) is 12.1 Å². The molecule has 1 saturated heterocycles. The molecule has 1 amide bonds. The van der Waals surface area contributed by atoms with Gasteiger partial charge in [-0.2, -0.15) is 0 Å². The van der Waals surface area contributed by atoms with Gasteiger partial charge in [0, 0.05) is 31.6 Å². The number of nitrogens with two attached hydrogens (primary N) is 1. The number of rotatable bonds is 7. The average Bonchev–Trinajstić information content (AvgIpc) is 3.45. The number of nitrogens with one attached hydrogen (secondary N) is 2. The molecule has 0 radical (unpaired) electrons. The average molecular weight is 438 g/mol. The molecule has 0 bridgehead atoms. The van der Waals surface area contributed by atoms with E-state index in [0.29, 0.717) is 43.5 Å². The summed E-state index contributed by atoms with van der Waals surface area (Å²) in [5, 5.41) is 14.0. The van der Waals surface area contributed by atoms with E-state index in [4.69, 9.17) is 14.9 Å². The lowest BCUT2D eigenvalue weighted by atomic mass is 10.1. The van der Waals surface area contributed by atoms with Crippen molar-refractivity contribution in [2.75, 3.05) is 37.3 Å². The van der Waals surface area contributed by atoms with Crippen molar-refractivity contribution in [2.24, 2.45) is 0 Å². The third kappa shape index (κ3) is 4.78. The molecular weight excluding hydrogens is 412 g/mol. The third-order valence-corrected chi connectivity index (χ3v) is 5.06. The number of carbonyl (C=O) groups excluding carboxylic acids is 1. The van der Waals surface area contributed by atoms with Crippen LogP contribution in [0.4, 0.5) is 16.4 Å². The fourth-order valence-corrected chi connectivity index (χ4v) is 3.47. The highest BCUT2D eigenvalue weighted by Crippen LogP contribution is 2.28. The minimum absolute atomic E-state index is 0.195. The van der Waals surface area contributed by atoms with Gasteiger partial charge in [0.2, 0.25) is 5.89 Å². The topological polar surface area (TPSA) is 144 Å². The van der Waals surface area contributed by atoms with Gasteiger partial charge < -0.3 is 30.4 Å². The molecule has 1 fully saturated rings. The molecule has 0 saturated carbocycles. The van der Waals surface area contributed by atoms with Crippen molar-refractivity contribution in [2.45, 2.75) is 26.0 Å². The number of hydrogen-bond acceptors (Lipinski definition) is 10. The first-order chi connectivity index (χ1) is 15.6. The zero-order chi connectivity index (χ0) is 22.5. The SMILES string of the molecule is CCNC(=O)O[C@H]1CCN(c2cnc(N)c(-c3nnc(-c4ccc(CNC)cc4)o3)n2)C1. The molecule has 11 nitrogen and oxygen atoms in total. The number of nitrogens with zero attached hydrogens (tertiary/aromatic N) is 5. The summed E-state index contributed by atoms with van der Waals surface area (Å²) in [5.41, 5.74) is 8.32. The Hall–Kier alpha value is -3.73. The molecule has 1 aliphatic rings. The number of anilines is 2. The molecule has 1 atom stereocenters. The smallest absolute Gasteiger partial charge is 0.407 e. The highest BCUT2D eigenvalue weighted by atomic mass is 16.6. The molecular formula is C21H26N8O3. The van der Waals surface area contributed by atoms with Crippen molar-refractivity contribution in [1.29, 1.82) is 0 Å². The van der Waals surface area contributed by atoms with Gasteiger partial charge in [0.15, 0.2) is 11.5 Å². The van der Waals surface area contributed by atoms with Crippen LogP contribution in [-0.4, -0.2) is 59.0 Å². The van der Waals surface area contributed by atoms with E-state index in [1.54, 1.807) is 6.20 Å². The van der Waals surface area contributed by atoms with E-state index in [1.807, 2.05) is 43.1 Å². The summed E-state index contributed by atoms with van der Waals surface area (Å²) in [6.45, 7) is 4.34. The molecule has 0 unspecified atom stereocenters. The largest absolute Gasteiger partial charge is 0.444 e. The summed E-state index contributed by atoms with van der Waals surface area (Å²) < 4.78 is 11.2. The van der Waals surface area contributed by atoms with Crippen LogP contribution < -0.4 is 21.3 Å². The van der Waals surface area contributed by atoms with Crippen LogP contribution in [0.25, 0.3) is 23.0 Å². The third-order valence-electron chi connectivity index (χ3n) is 5.06. The number of nitrogen functional groups attached to an aromatic ring is 1. The van der Waals surface area contributed by atoms with Crippen LogP contribution in [0.5, 0.6) is 0 Å². The molecule has 3 heterocycles. The predicted molar refractivity (Wildman–Crippen MR) is 119 cm³/mol. The minimum atomic E-state index is -0.416. The second kappa shape index (κ2) is 9.60. The van der Waals surface area contributed by atoms with Gasteiger partial charge >= 0.3 is 6.09 Å². The number of alkyl carbamates (subject to hydrolysis) is 1. The molecule has 11 heteroatoms. The fourth-order valence-electron chi connectivity index (χ4n) is 3.47. The lowest BCUT2D eigenvalue weighted by Gasteiger charge is -2.18. The second-order valence-electron chi connectivity index (χ2n) is 7.39. The van der Waals surface area contributed by atoms with Crippen LogP contribution in [0, 0.1) is 0 Å². The summed E-state index contributed by atoms with van der Waals surface area (Å²) in [6.07, 6.45) is 1.66. The quantitative estimate of drug-likeness (QED) is 0.499. The Morgan fingerprint density at radius 1 is 1.28 bits per heavy atom. The standard InChI is InChI=1S/C21H26N8O3/c1-3-24-21(30)31-15-8-9-29(12-15)16-11-25-18(22)17(26-16)20-28-27-19(32-20)14-6-4-13(5-7-14)10-23-2/h4-7,11,15,23H,3,8-10,12H2,1-2H3,(H2,22,25)(H,24,30)/t15-/m0/s1. The van der Waals surface area contributed by atoms with Crippen molar-refractivity contribution in [3.63, 3.8) is 0 Å². The first-order valence-corrected chi connectivity index (χ1v) is 10.5. The van der Waals surface area contributed by atoms with Crippen molar-refractivity contribution >= 4 is 17.7 Å². The Bertz CT molecular complexity index is 1070. The molecule has 0 aliphatic carbocycles. The molecule has 1 aromatic carbocycles. The Morgan fingerprint density at radius 2 is 2.06 bits per heavy atom. The first kappa shape index (κ1) is 21.5. The molecule has 4 rings (SSSR count). The van der Waals surface area contributed by atoms with Gasteiger partial charge in [-0.15, -0.1) is 10.2 Å². The van der Waals surface area contributed by atoms with E-state index in [0.717, 1.165) is 17.7 Å². The molecule has 2 aromatic heterocycles. The summed E-state index contributed by atoms with van der Waals surface area (Å²) in [6, 6.07) is 7.84. The Morgan fingerprint density at radius 3 is 2.81 bits per heavy atom. The van der Waals surface area contributed by atoms with Gasteiger partial charge in [0.05, 0.1) is 12.7 Å². The van der Waals surface area contributed by atoms with Crippen LogP contribution in [0.15, 0.2) is 34.9 Å². The molecule has 168 valence electrons.